The summed E-state index contributed by atoms with van der Waals surface area (Å²) in [5.74, 6) is 0.0997. The number of pyridine rings is 1. The van der Waals surface area contributed by atoms with E-state index in [0.717, 1.165) is 32.5 Å². The van der Waals surface area contributed by atoms with E-state index in [1.165, 1.54) is 23.7 Å². The van der Waals surface area contributed by atoms with Crippen LogP contribution < -0.4 is 5.56 Å². The summed E-state index contributed by atoms with van der Waals surface area (Å²) in [5, 5.41) is 1.38. The Morgan fingerprint density at radius 2 is 1.81 bits per heavy atom. The van der Waals surface area contributed by atoms with Gasteiger partial charge in [0.15, 0.2) is 9.84 Å². The van der Waals surface area contributed by atoms with Gasteiger partial charge in [0.25, 0.3) is 5.56 Å². The number of hydrogen-bond acceptors (Lipinski definition) is 7. The number of hydrogen-bond donors (Lipinski definition) is 0. The normalized spacial score (nSPS) is 13.1. The summed E-state index contributed by atoms with van der Waals surface area (Å²) in [4.78, 5) is 24.1. The van der Waals surface area contributed by atoms with Crippen LogP contribution in [-0.2, 0) is 9.84 Å². The molecule has 0 saturated carbocycles. The maximum atomic E-state index is 12.6. The van der Waals surface area contributed by atoms with Gasteiger partial charge in [-0.1, -0.05) is 32.4 Å². The van der Waals surface area contributed by atoms with Crippen molar-refractivity contribution in [1.82, 2.24) is 14.9 Å². The van der Waals surface area contributed by atoms with Gasteiger partial charge in [-0.3, -0.25) is 4.79 Å². The topological polar surface area (TPSA) is 80.2 Å². The number of benzene rings is 1. The summed E-state index contributed by atoms with van der Waals surface area (Å²) < 4.78 is 25.5. The molecule has 3 aromatic rings. The van der Waals surface area contributed by atoms with E-state index in [9.17, 15) is 13.2 Å². The summed E-state index contributed by atoms with van der Waals surface area (Å²) in [7, 11) is -3.47. The van der Waals surface area contributed by atoms with Crippen LogP contribution in [0, 0.1) is 0 Å². The Morgan fingerprint density at radius 3 is 2.44 bits per heavy atom. The van der Waals surface area contributed by atoms with Crippen LogP contribution in [0.15, 0.2) is 40.0 Å². The highest BCUT2D eigenvalue weighted by Crippen LogP contribution is 2.31. The molecule has 6 nitrogen and oxygen atoms in total. The van der Waals surface area contributed by atoms with Gasteiger partial charge in [-0.2, -0.15) is 4.98 Å². The van der Waals surface area contributed by atoms with Gasteiger partial charge >= 0.3 is 0 Å². The van der Waals surface area contributed by atoms with Gasteiger partial charge in [0.1, 0.15) is 10.7 Å². The van der Waals surface area contributed by atoms with Crippen molar-refractivity contribution in [1.29, 1.82) is 0 Å². The van der Waals surface area contributed by atoms with E-state index in [-0.39, 0.29) is 16.4 Å². The van der Waals surface area contributed by atoms with E-state index in [1.807, 2.05) is 0 Å². The van der Waals surface area contributed by atoms with Crippen molar-refractivity contribution in [3.05, 3.63) is 51.4 Å². The van der Waals surface area contributed by atoms with Gasteiger partial charge in [0.2, 0.25) is 0 Å². The third kappa shape index (κ3) is 5.73. The average molecular weight is 494 g/mol. The van der Waals surface area contributed by atoms with Crippen LogP contribution in [0.4, 0.5) is 0 Å². The van der Waals surface area contributed by atoms with Gasteiger partial charge in [0.05, 0.1) is 10.3 Å². The molecule has 0 saturated heterocycles. The summed E-state index contributed by atoms with van der Waals surface area (Å²) >= 11 is 7.39. The molecular formula is C23H28ClN3O3S2. The van der Waals surface area contributed by atoms with Crippen molar-refractivity contribution < 1.29 is 8.42 Å². The minimum Gasteiger partial charge on any atom is -0.304 e. The highest BCUT2D eigenvalue weighted by atomic mass is 35.5. The standard InChI is InChI=1S/C23H28ClN3O3S2/c1-5-15(10-11-27(6-2)7-3)19-13-17(32(4,29)30)14-20(25-19)23-26-22(28)18-9-8-16(24)12-21(18)31-23/h8-9,12-15H,5-7,10-11H2,1-4H3. The Morgan fingerprint density at radius 1 is 1.09 bits per heavy atom. The van der Waals surface area contributed by atoms with Crippen molar-refractivity contribution in [3.63, 3.8) is 0 Å². The minimum atomic E-state index is -3.47. The van der Waals surface area contributed by atoms with Gasteiger partial charge in [-0.25, -0.2) is 13.4 Å². The SMILES string of the molecule is CCC(CCN(CC)CC)c1cc(S(C)(=O)=O)cc(-c2nc(=O)c3ccc(Cl)cc3s2)n1. The number of rotatable bonds is 9. The summed E-state index contributed by atoms with van der Waals surface area (Å²) in [6, 6.07) is 8.19. The lowest BCUT2D eigenvalue weighted by atomic mass is 9.97. The highest BCUT2D eigenvalue weighted by molar-refractivity contribution is 7.90. The van der Waals surface area contributed by atoms with Crippen molar-refractivity contribution >= 4 is 42.9 Å². The maximum Gasteiger partial charge on any atom is 0.279 e. The molecule has 0 N–H and O–H groups in total. The highest BCUT2D eigenvalue weighted by Gasteiger charge is 2.20. The fourth-order valence-corrected chi connectivity index (χ4v) is 5.54. The fourth-order valence-electron chi connectivity index (χ4n) is 3.64. The molecule has 0 aliphatic rings. The number of halogens is 1. The molecule has 0 fully saturated rings. The Bertz CT molecular complexity index is 1270. The molecule has 0 aliphatic carbocycles. The molecule has 0 amide bonds. The fraction of sp³-hybridized carbons (Fsp3) is 0.435. The second kappa shape index (κ2) is 10.4. The summed E-state index contributed by atoms with van der Waals surface area (Å²) in [5.41, 5.74) is 0.727. The molecule has 172 valence electrons. The number of sulfone groups is 1. The molecule has 1 unspecified atom stereocenters. The predicted octanol–water partition coefficient (Wildman–Crippen LogP) is 5.00. The molecule has 0 spiro atoms. The molecular weight excluding hydrogens is 466 g/mol. The van der Waals surface area contributed by atoms with Crippen LogP contribution in [-0.4, -0.2) is 49.2 Å². The van der Waals surface area contributed by atoms with E-state index < -0.39 is 9.84 Å². The number of nitrogens with zero attached hydrogens (tertiary/aromatic N) is 3. The van der Waals surface area contributed by atoms with Gasteiger partial charge in [0, 0.05) is 27.6 Å². The van der Waals surface area contributed by atoms with Gasteiger partial charge < -0.3 is 4.90 Å². The first-order valence-corrected chi connectivity index (χ1v) is 13.8. The maximum absolute atomic E-state index is 12.6. The second-order valence-electron chi connectivity index (χ2n) is 7.77. The molecule has 0 bridgehead atoms. The molecule has 3 rings (SSSR count). The zero-order valence-electron chi connectivity index (χ0n) is 18.8. The van der Waals surface area contributed by atoms with Crippen LogP contribution in [0.5, 0.6) is 0 Å². The Kier molecular flexibility index (Phi) is 8.03. The first-order valence-electron chi connectivity index (χ1n) is 10.7. The van der Waals surface area contributed by atoms with Crippen molar-refractivity contribution in [2.75, 3.05) is 25.9 Å². The first-order chi connectivity index (χ1) is 15.2. The van der Waals surface area contributed by atoms with Gasteiger partial charge in [-0.15, -0.1) is 11.3 Å². The lowest BCUT2D eigenvalue weighted by Crippen LogP contribution is -2.25. The van der Waals surface area contributed by atoms with Gasteiger partial charge in [-0.05, 0) is 62.8 Å². The van der Waals surface area contributed by atoms with Crippen molar-refractivity contribution in [2.45, 2.75) is 44.4 Å². The predicted molar refractivity (Wildman–Crippen MR) is 133 cm³/mol. The van der Waals surface area contributed by atoms with Crippen LogP contribution >= 0.6 is 22.9 Å². The monoisotopic (exact) mass is 493 g/mol. The zero-order chi connectivity index (χ0) is 23.5. The smallest absolute Gasteiger partial charge is 0.279 e. The van der Waals surface area contributed by atoms with Crippen molar-refractivity contribution in [2.24, 2.45) is 0 Å². The molecule has 2 heterocycles. The van der Waals surface area contributed by atoms with Crippen LogP contribution in [0.3, 0.4) is 0 Å². The molecule has 0 radical (unpaired) electrons. The molecule has 9 heteroatoms. The van der Waals surface area contributed by atoms with Crippen LogP contribution in [0.2, 0.25) is 5.02 Å². The first kappa shape index (κ1) is 24.8. The largest absolute Gasteiger partial charge is 0.304 e. The van der Waals surface area contributed by atoms with Crippen molar-refractivity contribution in [3.8, 4) is 10.7 Å². The third-order valence-electron chi connectivity index (χ3n) is 5.65. The molecule has 32 heavy (non-hydrogen) atoms. The molecule has 0 aliphatic heterocycles. The van der Waals surface area contributed by atoms with Crippen LogP contribution in [0.1, 0.15) is 45.2 Å². The zero-order valence-corrected chi connectivity index (χ0v) is 21.1. The minimum absolute atomic E-state index is 0.0997. The molecule has 2 aromatic heterocycles. The Balaban J connectivity index is 2.12. The Labute approximate surface area is 198 Å². The third-order valence-corrected chi connectivity index (χ3v) is 8.03. The van der Waals surface area contributed by atoms with E-state index in [4.69, 9.17) is 16.6 Å². The lowest BCUT2D eigenvalue weighted by Gasteiger charge is -2.22. The quantitative estimate of drug-likeness (QED) is 0.417. The average Bonchev–Trinajstić information content (AvgIpc) is 2.75. The van der Waals surface area contributed by atoms with E-state index in [0.29, 0.717) is 31.5 Å². The number of aromatic nitrogens is 2. The van der Waals surface area contributed by atoms with Crippen LogP contribution in [0.25, 0.3) is 20.8 Å². The van der Waals surface area contributed by atoms with E-state index >= 15 is 0 Å². The Hall–Kier alpha value is -1.87. The van der Waals surface area contributed by atoms with E-state index in [1.54, 1.807) is 24.3 Å². The van der Waals surface area contributed by atoms with E-state index in [2.05, 4.69) is 30.7 Å². The summed E-state index contributed by atoms with van der Waals surface area (Å²) in [6.45, 7) is 9.18. The lowest BCUT2D eigenvalue weighted by molar-refractivity contribution is 0.288. The summed E-state index contributed by atoms with van der Waals surface area (Å²) in [6.07, 6.45) is 2.88. The molecule has 1 aromatic carbocycles. The second-order valence-corrected chi connectivity index (χ2v) is 11.3. The number of fused-ring (bicyclic) bond motifs is 1. The molecule has 1 atom stereocenters.